The Balaban J connectivity index is 1.77. The fraction of sp³-hybridized carbons (Fsp3) is 0.125. The fourth-order valence-corrected chi connectivity index (χ4v) is 3.32. The molecule has 0 atom stereocenters. The third-order valence-electron chi connectivity index (χ3n) is 4.19. The summed E-state index contributed by atoms with van der Waals surface area (Å²) in [6, 6.07) is 25.0. The van der Waals surface area contributed by atoms with Crippen molar-refractivity contribution in [3.63, 3.8) is 0 Å². The first kappa shape index (κ1) is 20.0. The van der Waals surface area contributed by atoms with Crippen molar-refractivity contribution in [3.05, 3.63) is 106 Å². The Kier molecular flexibility index (Phi) is 7.14. The lowest BCUT2D eigenvalue weighted by atomic mass is 10.1. The summed E-state index contributed by atoms with van der Waals surface area (Å²) >= 11 is 12.0. The number of benzene rings is 3. The molecule has 3 aromatic carbocycles. The molecule has 0 bridgehead atoms. The molecule has 0 spiro atoms. The molecule has 0 aliphatic rings. The van der Waals surface area contributed by atoms with Crippen LogP contribution in [0.2, 0.25) is 10.0 Å². The molecule has 0 aliphatic carbocycles. The zero-order valence-corrected chi connectivity index (χ0v) is 16.8. The summed E-state index contributed by atoms with van der Waals surface area (Å²) in [4.78, 5) is 14.6. The average Bonchev–Trinajstić information content (AvgIpc) is 2.70. The van der Waals surface area contributed by atoms with Crippen LogP contribution < -0.4 is 0 Å². The summed E-state index contributed by atoms with van der Waals surface area (Å²) in [6.07, 6.45) is 0.768. The van der Waals surface area contributed by atoms with E-state index in [0.717, 1.165) is 12.0 Å². The van der Waals surface area contributed by atoms with Crippen LogP contribution in [-0.2, 0) is 17.8 Å². The number of amides is 1. The van der Waals surface area contributed by atoms with Crippen LogP contribution in [0.4, 0.5) is 0 Å². The second-order valence-electron chi connectivity index (χ2n) is 6.36. The number of halogens is 2. The molecule has 1 amide bonds. The Labute approximate surface area is 175 Å². The summed E-state index contributed by atoms with van der Waals surface area (Å²) in [5, 5.41) is 0.990. The summed E-state index contributed by atoms with van der Waals surface area (Å²) in [5.74, 6) is 5.38. The van der Waals surface area contributed by atoms with Gasteiger partial charge >= 0.3 is 0 Å². The minimum atomic E-state index is -0.226. The first-order valence-electron chi connectivity index (χ1n) is 8.95. The molecule has 0 saturated carbocycles. The summed E-state index contributed by atoms with van der Waals surface area (Å²) in [7, 11) is 0. The van der Waals surface area contributed by atoms with Crippen LogP contribution in [-0.4, -0.2) is 17.4 Å². The first-order chi connectivity index (χ1) is 13.6. The van der Waals surface area contributed by atoms with E-state index in [4.69, 9.17) is 23.2 Å². The number of carbonyl (C=O) groups excluding carboxylic acids is 1. The van der Waals surface area contributed by atoms with E-state index < -0.39 is 0 Å². The van der Waals surface area contributed by atoms with E-state index in [0.29, 0.717) is 28.7 Å². The van der Waals surface area contributed by atoms with E-state index in [-0.39, 0.29) is 5.91 Å². The maximum atomic E-state index is 12.8. The highest BCUT2D eigenvalue weighted by Crippen LogP contribution is 2.18. The Bertz CT molecular complexity index is 971. The number of nitrogens with zero attached hydrogens (tertiary/aromatic N) is 1. The molecule has 0 N–H and O–H groups in total. The van der Waals surface area contributed by atoms with Crippen molar-refractivity contribution in [2.24, 2.45) is 0 Å². The molecule has 0 unspecified atom stereocenters. The molecule has 140 valence electrons. The monoisotopic (exact) mass is 407 g/mol. The average molecular weight is 408 g/mol. The molecule has 0 radical (unpaired) electrons. The summed E-state index contributed by atoms with van der Waals surface area (Å²) in [5.41, 5.74) is 2.87. The second-order valence-corrected chi connectivity index (χ2v) is 7.23. The van der Waals surface area contributed by atoms with Crippen LogP contribution in [0, 0.1) is 11.8 Å². The fourth-order valence-electron chi connectivity index (χ4n) is 2.80. The standard InChI is InChI=1S/C24H19Cl2NO/c25-22-15-21(16-23(26)17-22)11-12-24(28)27(18-20-9-5-2-6-10-20)14-13-19-7-3-1-4-8-19/h1-10,15-17H,13-14,18H2. The van der Waals surface area contributed by atoms with Gasteiger partial charge in [-0.05, 0) is 35.7 Å². The van der Waals surface area contributed by atoms with Crippen molar-refractivity contribution in [2.75, 3.05) is 6.54 Å². The highest BCUT2D eigenvalue weighted by atomic mass is 35.5. The van der Waals surface area contributed by atoms with Crippen LogP contribution >= 0.6 is 23.2 Å². The van der Waals surface area contributed by atoms with Crippen molar-refractivity contribution in [3.8, 4) is 11.8 Å². The Morgan fingerprint density at radius 3 is 2.00 bits per heavy atom. The van der Waals surface area contributed by atoms with E-state index in [9.17, 15) is 4.79 Å². The van der Waals surface area contributed by atoms with Crippen LogP contribution in [0.15, 0.2) is 78.9 Å². The minimum Gasteiger partial charge on any atom is -0.327 e. The zero-order valence-electron chi connectivity index (χ0n) is 15.2. The molecule has 0 aliphatic heterocycles. The SMILES string of the molecule is O=C(C#Cc1cc(Cl)cc(Cl)c1)N(CCc1ccccc1)Cc1ccccc1. The Hall–Kier alpha value is -2.73. The molecule has 3 aromatic rings. The molecule has 0 heterocycles. The van der Waals surface area contributed by atoms with Crippen molar-refractivity contribution in [1.82, 2.24) is 4.90 Å². The maximum Gasteiger partial charge on any atom is 0.299 e. The number of hydrogen-bond acceptors (Lipinski definition) is 1. The van der Waals surface area contributed by atoms with Gasteiger partial charge in [-0.3, -0.25) is 4.79 Å². The normalized spacial score (nSPS) is 10.1. The third kappa shape index (κ3) is 6.16. The second kappa shape index (κ2) is 9.99. The van der Waals surface area contributed by atoms with Gasteiger partial charge in [0.2, 0.25) is 0 Å². The van der Waals surface area contributed by atoms with Gasteiger partial charge in [-0.25, -0.2) is 0 Å². The van der Waals surface area contributed by atoms with Gasteiger partial charge in [0.05, 0.1) is 0 Å². The van der Waals surface area contributed by atoms with Crippen molar-refractivity contribution in [2.45, 2.75) is 13.0 Å². The topological polar surface area (TPSA) is 20.3 Å². The smallest absolute Gasteiger partial charge is 0.299 e. The van der Waals surface area contributed by atoms with E-state index in [1.54, 1.807) is 23.1 Å². The third-order valence-corrected chi connectivity index (χ3v) is 4.63. The van der Waals surface area contributed by atoms with Gasteiger partial charge in [0, 0.05) is 34.6 Å². The van der Waals surface area contributed by atoms with Crippen LogP contribution in [0.25, 0.3) is 0 Å². The largest absolute Gasteiger partial charge is 0.327 e. The molecule has 28 heavy (non-hydrogen) atoms. The first-order valence-corrected chi connectivity index (χ1v) is 9.70. The lowest BCUT2D eigenvalue weighted by Gasteiger charge is -2.20. The highest BCUT2D eigenvalue weighted by Gasteiger charge is 2.12. The molecule has 0 saturated heterocycles. The van der Waals surface area contributed by atoms with Gasteiger partial charge in [-0.1, -0.05) is 89.8 Å². The molecule has 0 fully saturated rings. The molecule has 4 heteroatoms. The quantitative estimate of drug-likeness (QED) is 0.502. The zero-order chi connectivity index (χ0) is 19.8. The maximum absolute atomic E-state index is 12.8. The van der Waals surface area contributed by atoms with Gasteiger partial charge in [0.1, 0.15) is 0 Å². The van der Waals surface area contributed by atoms with Gasteiger partial charge < -0.3 is 4.90 Å². The van der Waals surface area contributed by atoms with E-state index >= 15 is 0 Å². The van der Waals surface area contributed by atoms with E-state index in [1.165, 1.54) is 5.56 Å². The van der Waals surface area contributed by atoms with E-state index in [1.807, 2.05) is 48.5 Å². The molecule has 0 aromatic heterocycles. The van der Waals surface area contributed by atoms with Crippen LogP contribution in [0.3, 0.4) is 0 Å². The van der Waals surface area contributed by atoms with Gasteiger partial charge in [0.15, 0.2) is 0 Å². The predicted octanol–water partition coefficient (Wildman–Crippen LogP) is 5.62. The Morgan fingerprint density at radius 2 is 1.39 bits per heavy atom. The van der Waals surface area contributed by atoms with Crippen molar-refractivity contribution >= 4 is 29.1 Å². The lowest BCUT2D eigenvalue weighted by Crippen LogP contribution is -2.31. The van der Waals surface area contributed by atoms with Gasteiger partial charge in [-0.2, -0.15) is 0 Å². The van der Waals surface area contributed by atoms with Crippen LogP contribution in [0.1, 0.15) is 16.7 Å². The van der Waals surface area contributed by atoms with E-state index in [2.05, 4.69) is 24.0 Å². The predicted molar refractivity (Wildman–Crippen MR) is 115 cm³/mol. The van der Waals surface area contributed by atoms with Crippen LogP contribution in [0.5, 0.6) is 0 Å². The van der Waals surface area contributed by atoms with Crippen molar-refractivity contribution in [1.29, 1.82) is 0 Å². The van der Waals surface area contributed by atoms with Gasteiger partial charge in [0.25, 0.3) is 5.91 Å². The molecule has 2 nitrogen and oxygen atoms in total. The summed E-state index contributed by atoms with van der Waals surface area (Å²) in [6.45, 7) is 1.10. The summed E-state index contributed by atoms with van der Waals surface area (Å²) < 4.78 is 0. The number of carbonyl (C=O) groups is 1. The number of hydrogen-bond donors (Lipinski definition) is 0. The molecular weight excluding hydrogens is 389 g/mol. The molecule has 3 rings (SSSR count). The Morgan fingerprint density at radius 1 is 0.821 bits per heavy atom. The number of rotatable bonds is 5. The minimum absolute atomic E-state index is 0.226. The lowest BCUT2D eigenvalue weighted by molar-refractivity contribution is -0.125. The highest BCUT2D eigenvalue weighted by molar-refractivity contribution is 6.34. The van der Waals surface area contributed by atoms with Gasteiger partial charge in [-0.15, -0.1) is 0 Å². The van der Waals surface area contributed by atoms with Crippen molar-refractivity contribution < 1.29 is 4.79 Å². The molecular formula is C24H19Cl2NO.